The van der Waals surface area contributed by atoms with Gasteiger partial charge in [-0.25, -0.2) is 53.9 Å². The van der Waals surface area contributed by atoms with Crippen molar-refractivity contribution in [3.63, 3.8) is 0 Å². The summed E-state index contributed by atoms with van der Waals surface area (Å²) >= 11 is 38.0. The van der Waals surface area contributed by atoms with Gasteiger partial charge in [-0.2, -0.15) is 15.0 Å². The number of fused-ring (bicyclic) bond motifs is 2. The summed E-state index contributed by atoms with van der Waals surface area (Å²) in [5.41, 5.74) is 25.8. The van der Waals surface area contributed by atoms with Crippen LogP contribution in [0.3, 0.4) is 0 Å². The molecule has 12 N–H and O–H groups in total. The highest BCUT2D eigenvalue weighted by molar-refractivity contribution is 8.32. The molecule has 14 unspecified atom stereocenters. The predicted octanol–water partition coefficient (Wildman–Crippen LogP) is -1.98. The molecule has 788 valence electrons. The zero-order valence-corrected chi connectivity index (χ0v) is 88.0. The van der Waals surface area contributed by atoms with Gasteiger partial charge in [0.25, 0.3) is 11.1 Å². The lowest BCUT2D eigenvalue weighted by Gasteiger charge is -2.36. The zero-order chi connectivity index (χ0) is 104. The maximum atomic E-state index is 14.9. The fourth-order valence-corrected chi connectivity index (χ4v) is 26.3. The molecule has 0 bridgehead atoms. The van der Waals surface area contributed by atoms with Gasteiger partial charge in [0, 0.05) is 111 Å². The van der Waals surface area contributed by atoms with Gasteiger partial charge in [0.05, 0.1) is 101 Å². The van der Waals surface area contributed by atoms with E-state index in [0.29, 0.717) is 23.1 Å². The van der Waals surface area contributed by atoms with Crippen LogP contribution in [0, 0.1) is 34.6 Å². The molecule has 9 aromatic heterocycles. The highest BCUT2D eigenvalue weighted by Crippen LogP contribution is 2.57. The Kier molecular flexibility index (Phi) is 34.0. The van der Waals surface area contributed by atoms with E-state index in [1.165, 1.54) is 76.2 Å². The summed E-state index contributed by atoms with van der Waals surface area (Å²) in [6.45, 7) is -29.6. The van der Waals surface area contributed by atoms with Gasteiger partial charge >= 0.3 is 28.4 Å². The Morgan fingerprint density at radius 2 is 0.611 bits per heavy atom. The van der Waals surface area contributed by atoms with Gasteiger partial charge in [-0.1, -0.05) is 77.8 Å². The Hall–Kier alpha value is -6.50. The van der Waals surface area contributed by atoms with E-state index in [9.17, 15) is 67.5 Å². The average molecular weight is 2280 g/mol. The van der Waals surface area contributed by atoms with Crippen LogP contribution in [0.2, 0.25) is 0 Å². The summed E-state index contributed by atoms with van der Waals surface area (Å²) in [6.07, 6.45) is -18.8. The van der Waals surface area contributed by atoms with Crippen LogP contribution >= 0.6 is 47.1 Å². The van der Waals surface area contributed by atoms with Crippen LogP contribution in [0.4, 0.5) is 29.1 Å². The summed E-state index contributed by atoms with van der Waals surface area (Å²) in [5, 5.41) is 0. The highest BCUT2D eigenvalue weighted by Gasteiger charge is 2.49. The third-order valence-electron chi connectivity index (χ3n) is 23.9. The zero-order valence-electron chi connectivity index (χ0n) is 76.0. The van der Waals surface area contributed by atoms with E-state index in [4.69, 9.17) is 208 Å². The van der Waals surface area contributed by atoms with Crippen LogP contribution < -0.4 is 97.6 Å². The smallest absolute Gasteiger partial charge is 0.351 e. The molecule has 7 fully saturated rings. The maximum Gasteiger partial charge on any atom is 0.351 e. The molecule has 28 atom stereocenters. The van der Waals surface area contributed by atoms with E-state index in [2.05, 4.69) is 54.8 Å². The molecule has 0 aromatic carbocycles. The second-order valence-electron chi connectivity index (χ2n) is 33.7. The fraction of sp³-hybridized carbons (Fsp3) is 0.583. The summed E-state index contributed by atoms with van der Waals surface area (Å²) in [7, 11) is 1.06. The average Bonchev–Trinajstić information content (AvgIpc) is 1.62. The first-order valence-corrected chi connectivity index (χ1v) is 61.2. The van der Waals surface area contributed by atoms with Crippen LogP contribution in [0.1, 0.15) is 130 Å². The lowest BCUT2D eigenvalue weighted by molar-refractivity contribution is -0.221. The van der Waals surface area contributed by atoms with Crippen molar-refractivity contribution in [2.45, 2.75) is 222 Å². The van der Waals surface area contributed by atoms with Crippen molar-refractivity contribution in [3.8, 4) is 0 Å². The number of aromatic amines is 2. The number of ether oxygens (including phenoxy) is 7. The molecule has 16 rings (SSSR count). The SMILES string of the molecule is CC[C@H]1O[C@@H](n2cnc3c(N)ncnc32)CC1OP([O-])(=S)OC[C@H]1O[C@@H](n2cc(C)c(N)nc2=O)CC1OP(=O)([S-])OC[C@H]1O[C@@H](n2cc(C)c(N)nc2=O)CC1OP([O-])(=S)OC[C@H]1O[C@@H](n2cc(C)c(=O)[nH]c2=O)CC1OP([O-])(=S)OC[C@H]1O[C@@H](n2cc(C)c(N)nc2=O)CC1OP([O-])(=S)OC[C@H]1O[C@@H](n2cc(C)c(=O)[nH]c2=O)CC1OP([O-])(=S)OC[C@H]1O[C@@H](n2cnc3c(N)ncnc32)CC1OP([O-])(=S)OC. The van der Waals surface area contributed by atoms with Gasteiger partial charge in [-0.15, -0.1) is 0 Å². The van der Waals surface area contributed by atoms with E-state index in [0.717, 1.165) is 42.3 Å². The van der Waals surface area contributed by atoms with Crippen molar-refractivity contribution in [3.05, 3.63) is 157 Å². The number of hydrogen-bond donors (Lipinski definition) is 7. The summed E-state index contributed by atoms with van der Waals surface area (Å²) in [6, 6.07) is 0. The quantitative estimate of drug-likeness (QED) is 0.0161. The van der Waals surface area contributed by atoms with Crippen molar-refractivity contribution in [2.75, 3.05) is 75.4 Å². The van der Waals surface area contributed by atoms with Gasteiger partial charge in [0.1, 0.15) is 162 Å². The number of aryl methyl sites for hydroxylation is 5. The van der Waals surface area contributed by atoms with Gasteiger partial charge in [-0.3, -0.25) is 56.1 Å². The van der Waals surface area contributed by atoms with Crippen molar-refractivity contribution in [2.24, 2.45) is 0 Å². The predicted molar refractivity (Wildman–Crippen MR) is 512 cm³/mol. The van der Waals surface area contributed by atoms with Crippen molar-refractivity contribution < 1.29 is 130 Å². The molecule has 144 heavy (non-hydrogen) atoms. The number of anilines is 5. The van der Waals surface area contributed by atoms with Crippen molar-refractivity contribution in [1.82, 2.24) is 86.8 Å². The van der Waals surface area contributed by atoms with Crippen LogP contribution in [-0.2, 0) is 184 Å². The molecule has 16 heterocycles. The van der Waals surface area contributed by atoms with Gasteiger partial charge in [0.2, 0.25) is 0 Å². The number of H-pyrrole nitrogens is 2. The van der Waals surface area contributed by atoms with Crippen molar-refractivity contribution in [1.29, 1.82) is 0 Å². The summed E-state index contributed by atoms with van der Waals surface area (Å²) < 4.78 is 148. The number of imidazole rings is 2. The first-order chi connectivity index (χ1) is 67.8. The fourth-order valence-electron chi connectivity index (χ4n) is 16.6. The summed E-state index contributed by atoms with van der Waals surface area (Å²) in [5.74, 6) is -0.244. The van der Waals surface area contributed by atoms with Crippen molar-refractivity contribution >= 4 is 182 Å². The van der Waals surface area contributed by atoms with E-state index in [-0.39, 0.29) is 81.8 Å². The maximum absolute atomic E-state index is 14.9. The monoisotopic (exact) mass is 2280 g/mol. The minimum atomic E-state index is -5.07. The molecular weight excluding hydrogens is 2190 g/mol. The number of nitrogens with one attached hydrogen (secondary N) is 2. The van der Waals surface area contributed by atoms with Gasteiger partial charge in [-0.05, 0) is 41.0 Å². The van der Waals surface area contributed by atoms with E-state index >= 15 is 0 Å². The molecule has 0 radical (unpaired) electrons. The molecule has 0 aliphatic carbocycles. The van der Waals surface area contributed by atoms with Crippen LogP contribution in [-0.4, -0.2) is 219 Å². The number of nitrogens with zero attached hydrogens (tertiary/aromatic N) is 16. The molecule has 58 nitrogen and oxygen atoms in total. The topological polar surface area (TPSA) is 781 Å². The molecule has 7 aliphatic heterocycles. The first kappa shape index (κ1) is 110. The summed E-state index contributed by atoms with van der Waals surface area (Å²) in [4.78, 5) is 220. The molecule has 0 spiro atoms. The standard InChI is InChI=1S/C72H98N23O35P7S7/c1-8-36-37(9-55(117-36)94-29-82-57-62(76)78-27-80-64(57)94)125-132(104,139)111-22-45-39(10-50(118-45)89-16-31(2)59(73)84-68(89)98)126-134(106,141)113-23-46-40(11-51(119-46)90-17-32(3)60(74)85-69(90)99)127-136(108,143)116-26-49-43(14-54(122-49)93-20-35(6)67(97)88-72(93)102)130-137(109,144)114-24-47-41(12-52(120-47)91-18-33(4)61(75)86-70(91)100)128-135(107,142)115-25-48-42(13-53(121-48)92-19-34(5)66(96)87-71(92)101)129-133(105,140)112-21-44-38(124-131(103,138)110-7)15-56(123-44)95-30-83-58-63(77)79-28-81-65(58)95/h16-20,27-30,36-56H,8-15,21-26H2,1-7H3,(H,103,138)(H,104,139)(H,105,140)(H,106,141)(H,107,142)(H,108,143)(H,109,144)(H2,73,84,98)(H2,74,85,99)(H2,75,86,100)(H2,76,78,80)(H2,77,79,81)(H,87,96,101)(H,88,97,102)/p-7/t36-,37?,38?,39?,40?,41?,42?,43?,44-,45-,46-,47-,48-,49-,50-,51-,52-,53-,54-,55-,56-,131?,132?,133?,134?,135?,136?,137?/m1/s1. The molecule has 0 amide bonds. The normalized spacial score (nSPS) is 29.7. The third kappa shape index (κ3) is 25.9. The molecule has 9 aromatic rings. The second kappa shape index (κ2) is 44.4. The Morgan fingerprint density at radius 1 is 0.361 bits per heavy atom. The second-order valence-corrected chi connectivity index (χ2v) is 52.7. The lowest BCUT2D eigenvalue weighted by Crippen LogP contribution is -2.34. The number of hydrogen-bond acceptors (Lipinski definition) is 56. The van der Waals surface area contributed by atoms with E-state index in [1.807, 2.05) is 0 Å². The minimum Gasteiger partial charge on any atom is -0.780 e. The first-order valence-electron chi connectivity index (χ1n) is 43.3. The highest BCUT2D eigenvalue weighted by atomic mass is 32.7. The molecule has 72 heteroatoms. The Labute approximate surface area is 847 Å². The van der Waals surface area contributed by atoms with Crippen LogP contribution in [0.15, 0.2) is 89.9 Å². The van der Waals surface area contributed by atoms with Gasteiger partial charge < -0.3 is 167 Å². The lowest BCUT2D eigenvalue weighted by atomic mass is 10.1. The molecule has 7 saturated heterocycles. The Bertz CT molecular complexity index is 7180. The van der Waals surface area contributed by atoms with Crippen LogP contribution in [0.5, 0.6) is 0 Å². The minimum absolute atomic E-state index is 0.000910. The van der Waals surface area contributed by atoms with E-state index in [1.54, 1.807) is 18.4 Å². The van der Waals surface area contributed by atoms with Crippen LogP contribution in [0.25, 0.3) is 22.3 Å². The third-order valence-corrected chi connectivity index (χ3v) is 35.0. The Balaban J connectivity index is 0.600. The number of nitrogens with two attached hydrogens (primary N) is 5. The molecule has 7 aliphatic rings. The number of nitrogen functional groups attached to an aromatic ring is 5. The van der Waals surface area contributed by atoms with E-state index < -0.39 is 281 Å². The molecule has 0 saturated carbocycles. The largest absolute Gasteiger partial charge is 0.780 e. The number of rotatable bonds is 41. The van der Waals surface area contributed by atoms with Gasteiger partial charge in [0.15, 0.2) is 29.7 Å². The number of aromatic nitrogens is 18. The molecular formula is C72H91N23O35P7S7-7. The Morgan fingerprint density at radius 3 is 0.903 bits per heavy atom.